The van der Waals surface area contributed by atoms with Gasteiger partial charge in [-0.1, -0.05) is 25.1 Å². The first-order chi connectivity index (χ1) is 12.7. The number of nitrogens with one attached hydrogen (secondary N) is 2. The summed E-state index contributed by atoms with van der Waals surface area (Å²) in [5.74, 6) is 1.89. The molecule has 0 saturated carbocycles. The van der Waals surface area contributed by atoms with Crippen LogP contribution in [0.1, 0.15) is 43.8 Å². The smallest absolute Gasteiger partial charge is 0.191 e. The Labute approximate surface area is 153 Å². The number of nitrogens with zero attached hydrogens (tertiary/aromatic N) is 4. The van der Waals surface area contributed by atoms with Gasteiger partial charge < -0.3 is 19.6 Å². The van der Waals surface area contributed by atoms with E-state index in [1.165, 1.54) is 0 Å². The van der Waals surface area contributed by atoms with Gasteiger partial charge in [-0.2, -0.15) is 0 Å². The lowest BCUT2D eigenvalue weighted by Gasteiger charge is -2.10. The van der Waals surface area contributed by atoms with Crippen molar-refractivity contribution in [3.05, 3.63) is 53.8 Å². The number of hydrogen-bond donors (Lipinski definition) is 2. The molecule has 0 aliphatic heterocycles. The Morgan fingerprint density at radius 1 is 1.31 bits per heavy atom. The first-order valence-electron chi connectivity index (χ1n) is 9.06. The lowest BCUT2D eigenvalue weighted by Crippen LogP contribution is -2.38. The summed E-state index contributed by atoms with van der Waals surface area (Å²) in [5, 5.41) is 10.7. The zero-order valence-electron chi connectivity index (χ0n) is 15.6. The summed E-state index contributed by atoms with van der Waals surface area (Å²) < 4.78 is 7.37. The van der Waals surface area contributed by atoms with Crippen molar-refractivity contribution in [1.29, 1.82) is 0 Å². The molecule has 0 aromatic carbocycles. The molecule has 7 nitrogen and oxygen atoms in total. The Kier molecular flexibility index (Phi) is 5.88. The van der Waals surface area contributed by atoms with Gasteiger partial charge in [0.1, 0.15) is 12.2 Å². The van der Waals surface area contributed by atoms with E-state index in [1.54, 1.807) is 0 Å². The monoisotopic (exact) mass is 354 g/mol. The SMILES string of the molecule is CCNC(=NCc1cc(C(C)C)no1)NCCc1cn2ccccc2n1. The first-order valence-corrected chi connectivity index (χ1v) is 9.06. The standard InChI is InChI=1S/C19H26N6O/c1-4-20-19(22-12-16-11-17(14(2)3)24-26-16)21-9-8-15-13-25-10-6-5-7-18(25)23-15/h5-7,10-11,13-14H,4,8-9,12H2,1-3H3,(H2,20,21,22). The predicted molar refractivity (Wildman–Crippen MR) is 102 cm³/mol. The highest BCUT2D eigenvalue weighted by molar-refractivity contribution is 5.79. The van der Waals surface area contributed by atoms with Crippen LogP contribution in [-0.2, 0) is 13.0 Å². The normalized spacial score (nSPS) is 12.1. The predicted octanol–water partition coefficient (Wildman–Crippen LogP) is 2.74. The van der Waals surface area contributed by atoms with E-state index in [2.05, 4.69) is 45.8 Å². The molecular weight excluding hydrogens is 328 g/mol. The summed E-state index contributed by atoms with van der Waals surface area (Å²) in [4.78, 5) is 9.17. The summed E-state index contributed by atoms with van der Waals surface area (Å²) in [7, 11) is 0. The van der Waals surface area contributed by atoms with Crippen LogP contribution in [0.2, 0.25) is 0 Å². The Balaban J connectivity index is 1.55. The molecule has 0 aliphatic rings. The molecule has 2 N–H and O–H groups in total. The summed E-state index contributed by atoms with van der Waals surface area (Å²) in [6.07, 6.45) is 4.89. The molecule has 0 amide bonds. The molecule has 0 spiro atoms. The van der Waals surface area contributed by atoms with Crippen LogP contribution in [0, 0.1) is 0 Å². The van der Waals surface area contributed by atoms with Gasteiger partial charge in [0.05, 0.1) is 11.4 Å². The minimum absolute atomic E-state index is 0.355. The van der Waals surface area contributed by atoms with E-state index in [-0.39, 0.29) is 0 Å². The number of fused-ring (bicyclic) bond motifs is 1. The van der Waals surface area contributed by atoms with E-state index in [4.69, 9.17) is 4.52 Å². The van der Waals surface area contributed by atoms with Gasteiger partial charge in [0.25, 0.3) is 0 Å². The van der Waals surface area contributed by atoms with E-state index < -0.39 is 0 Å². The number of imidazole rings is 1. The Morgan fingerprint density at radius 3 is 2.92 bits per heavy atom. The molecule has 7 heteroatoms. The quantitative estimate of drug-likeness (QED) is 0.504. The molecule has 3 aromatic heterocycles. The number of aromatic nitrogens is 3. The number of rotatable bonds is 7. The molecule has 0 radical (unpaired) electrons. The minimum atomic E-state index is 0.355. The van der Waals surface area contributed by atoms with Crippen LogP contribution < -0.4 is 10.6 Å². The second-order valence-electron chi connectivity index (χ2n) is 6.44. The summed E-state index contributed by atoms with van der Waals surface area (Å²) in [6.45, 7) is 8.25. The third-order valence-electron chi connectivity index (χ3n) is 3.99. The van der Waals surface area contributed by atoms with Gasteiger partial charge in [-0.3, -0.25) is 0 Å². The van der Waals surface area contributed by atoms with Gasteiger partial charge >= 0.3 is 0 Å². The van der Waals surface area contributed by atoms with Gasteiger partial charge in [0.2, 0.25) is 0 Å². The Bertz CT molecular complexity index is 831. The van der Waals surface area contributed by atoms with E-state index in [1.807, 2.05) is 41.8 Å². The lowest BCUT2D eigenvalue weighted by molar-refractivity contribution is 0.376. The van der Waals surface area contributed by atoms with Gasteiger partial charge in [0.15, 0.2) is 11.7 Å². The number of hydrogen-bond acceptors (Lipinski definition) is 4. The Morgan fingerprint density at radius 2 is 2.19 bits per heavy atom. The molecule has 0 unspecified atom stereocenters. The molecule has 0 bridgehead atoms. The lowest BCUT2D eigenvalue weighted by atomic mass is 10.1. The fourth-order valence-corrected chi connectivity index (χ4v) is 2.59. The van der Waals surface area contributed by atoms with Crippen molar-refractivity contribution in [2.75, 3.05) is 13.1 Å². The summed E-state index contributed by atoms with van der Waals surface area (Å²) in [6, 6.07) is 7.97. The first kappa shape index (κ1) is 18.0. The van der Waals surface area contributed by atoms with Gasteiger partial charge in [-0.25, -0.2) is 9.98 Å². The maximum atomic E-state index is 5.34. The van der Waals surface area contributed by atoms with Gasteiger partial charge in [-0.05, 0) is 25.0 Å². The second-order valence-corrected chi connectivity index (χ2v) is 6.44. The molecule has 0 aliphatic carbocycles. The molecule has 0 atom stereocenters. The van der Waals surface area contributed by atoms with Gasteiger partial charge in [0, 0.05) is 38.0 Å². The molecule has 0 saturated heterocycles. The van der Waals surface area contributed by atoms with E-state index in [9.17, 15) is 0 Å². The molecule has 0 fully saturated rings. The minimum Gasteiger partial charge on any atom is -0.359 e. The van der Waals surface area contributed by atoms with Crippen molar-refractivity contribution in [3.63, 3.8) is 0 Å². The van der Waals surface area contributed by atoms with Crippen LogP contribution in [0.15, 0.2) is 46.2 Å². The van der Waals surface area contributed by atoms with Crippen molar-refractivity contribution in [2.45, 2.75) is 39.7 Å². The second kappa shape index (κ2) is 8.51. The third-order valence-corrected chi connectivity index (χ3v) is 3.99. The topological polar surface area (TPSA) is 79.8 Å². The zero-order chi connectivity index (χ0) is 18.4. The van der Waals surface area contributed by atoms with Crippen LogP contribution in [0.3, 0.4) is 0 Å². The van der Waals surface area contributed by atoms with Crippen LogP contribution in [0.25, 0.3) is 5.65 Å². The number of aliphatic imine (C=N–C) groups is 1. The van der Waals surface area contributed by atoms with Crippen molar-refractivity contribution < 1.29 is 4.52 Å². The average molecular weight is 354 g/mol. The van der Waals surface area contributed by atoms with Gasteiger partial charge in [-0.15, -0.1) is 0 Å². The maximum Gasteiger partial charge on any atom is 0.191 e. The van der Waals surface area contributed by atoms with E-state index >= 15 is 0 Å². The highest BCUT2D eigenvalue weighted by Crippen LogP contribution is 2.14. The van der Waals surface area contributed by atoms with E-state index in [0.717, 1.165) is 48.3 Å². The largest absolute Gasteiger partial charge is 0.359 e. The zero-order valence-corrected chi connectivity index (χ0v) is 15.6. The fourth-order valence-electron chi connectivity index (χ4n) is 2.59. The summed E-state index contributed by atoms with van der Waals surface area (Å²) >= 11 is 0. The summed E-state index contributed by atoms with van der Waals surface area (Å²) in [5.41, 5.74) is 2.98. The van der Waals surface area contributed by atoms with Crippen molar-refractivity contribution in [1.82, 2.24) is 25.2 Å². The van der Waals surface area contributed by atoms with Crippen LogP contribution in [-0.4, -0.2) is 33.6 Å². The van der Waals surface area contributed by atoms with E-state index in [0.29, 0.717) is 12.5 Å². The highest BCUT2D eigenvalue weighted by Gasteiger charge is 2.07. The van der Waals surface area contributed by atoms with Crippen LogP contribution >= 0.6 is 0 Å². The molecule has 3 aromatic rings. The molecule has 26 heavy (non-hydrogen) atoms. The number of guanidine groups is 1. The average Bonchev–Trinajstić information content (AvgIpc) is 3.26. The maximum absolute atomic E-state index is 5.34. The molecule has 138 valence electrons. The number of pyridine rings is 1. The van der Waals surface area contributed by atoms with Crippen molar-refractivity contribution >= 4 is 11.6 Å². The van der Waals surface area contributed by atoms with Crippen molar-refractivity contribution in [2.24, 2.45) is 4.99 Å². The Hall–Kier alpha value is -2.83. The van der Waals surface area contributed by atoms with Crippen molar-refractivity contribution in [3.8, 4) is 0 Å². The molecular formula is C19H26N6O. The fraction of sp³-hybridized carbons (Fsp3) is 0.421. The van der Waals surface area contributed by atoms with Crippen LogP contribution in [0.4, 0.5) is 0 Å². The van der Waals surface area contributed by atoms with Crippen LogP contribution in [0.5, 0.6) is 0 Å². The third kappa shape index (κ3) is 4.62. The molecule has 3 heterocycles. The highest BCUT2D eigenvalue weighted by atomic mass is 16.5. The molecule has 3 rings (SSSR count).